The lowest BCUT2D eigenvalue weighted by atomic mass is 10.0. The highest BCUT2D eigenvalue weighted by molar-refractivity contribution is 9.10. The van der Waals surface area contributed by atoms with Crippen molar-refractivity contribution in [1.29, 1.82) is 0 Å². The highest BCUT2D eigenvalue weighted by atomic mass is 79.9. The molecule has 0 radical (unpaired) electrons. The van der Waals surface area contributed by atoms with Crippen molar-refractivity contribution in [3.05, 3.63) is 34.3 Å². The van der Waals surface area contributed by atoms with E-state index in [1.54, 1.807) is 0 Å². The number of alkyl halides is 5. The van der Waals surface area contributed by atoms with Gasteiger partial charge >= 0.3 is 12.1 Å². The Kier molecular flexibility index (Phi) is 7.40. The summed E-state index contributed by atoms with van der Waals surface area (Å²) >= 11 is 14.2. The van der Waals surface area contributed by atoms with Crippen molar-refractivity contribution in [3.63, 3.8) is 0 Å². The van der Waals surface area contributed by atoms with E-state index in [4.69, 9.17) is 29.1 Å². The molecule has 124 valence electrons. The Balaban J connectivity index is 3.05. The standard InChI is InChI=1S/C12H12BrCl2F3N2O2/c13-7-3-1-6(2-4-7)10(12(16,17)18)20-8(5-9(14)15)11(21)22-19/h1-4,8-10,20H,5,19H2/t8-,10-/m0/s1. The quantitative estimate of drug-likeness (QED) is 0.541. The fraction of sp³-hybridized carbons (Fsp3) is 0.417. The molecule has 0 aliphatic carbocycles. The Morgan fingerprint density at radius 1 is 1.32 bits per heavy atom. The predicted octanol–water partition coefficient (Wildman–Crippen LogP) is 3.62. The second-order valence-electron chi connectivity index (χ2n) is 4.31. The maximum absolute atomic E-state index is 13.2. The number of hydrogen-bond acceptors (Lipinski definition) is 4. The maximum Gasteiger partial charge on any atom is 0.407 e. The van der Waals surface area contributed by atoms with Gasteiger partial charge in [0.25, 0.3) is 0 Å². The summed E-state index contributed by atoms with van der Waals surface area (Å²) in [6, 6.07) is 1.96. The van der Waals surface area contributed by atoms with Gasteiger partial charge in [0.05, 0.1) is 0 Å². The van der Waals surface area contributed by atoms with E-state index >= 15 is 0 Å². The lowest BCUT2D eigenvalue weighted by Gasteiger charge is -2.26. The summed E-state index contributed by atoms with van der Waals surface area (Å²) in [4.78, 5) is 14.4. The third kappa shape index (κ3) is 5.92. The summed E-state index contributed by atoms with van der Waals surface area (Å²) in [5.74, 6) is 3.64. The van der Waals surface area contributed by atoms with Gasteiger partial charge in [0.2, 0.25) is 0 Å². The van der Waals surface area contributed by atoms with Gasteiger partial charge in [-0.1, -0.05) is 28.1 Å². The van der Waals surface area contributed by atoms with Crippen molar-refractivity contribution in [3.8, 4) is 0 Å². The van der Waals surface area contributed by atoms with Crippen LogP contribution in [0.15, 0.2) is 28.7 Å². The van der Waals surface area contributed by atoms with E-state index in [0.29, 0.717) is 4.47 Å². The number of nitrogens with two attached hydrogens (primary N) is 1. The molecule has 22 heavy (non-hydrogen) atoms. The van der Waals surface area contributed by atoms with Crippen LogP contribution >= 0.6 is 39.1 Å². The zero-order chi connectivity index (χ0) is 16.9. The fourth-order valence-corrected chi connectivity index (χ4v) is 2.35. The number of hydrogen-bond donors (Lipinski definition) is 2. The normalized spacial score (nSPS) is 14.7. The molecule has 0 aliphatic heterocycles. The molecule has 2 atom stereocenters. The Hall–Kier alpha value is -0.540. The highest BCUT2D eigenvalue weighted by Crippen LogP contribution is 2.34. The van der Waals surface area contributed by atoms with E-state index in [1.165, 1.54) is 24.3 Å². The van der Waals surface area contributed by atoms with Crippen molar-refractivity contribution in [2.45, 2.75) is 29.5 Å². The average Bonchev–Trinajstić information content (AvgIpc) is 2.42. The first kappa shape index (κ1) is 19.5. The second kappa shape index (κ2) is 8.35. The summed E-state index contributed by atoms with van der Waals surface area (Å²) in [6.07, 6.45) is -4.93. The van der Waals surface area contributed by atoms with E-state index in [9.17, 15) is 18.0 Å². The second-order valence-corrected chi connectivity index (χ2v) is 6.50. The van der Waals surface area contributed by atoms with E-state index in [0.717, 1.165) is 0 Å². The van der Waals surface area contributed by atoms with Crippen LogP contribution in [0.2, 0.25) is 0 Å². The number of carbonyl (C=O) groups excluding carboxylic acids is 1. The van der Waals surface area contributed by atoms with Crippen LogP contribution in [-0.2, 0) is 9.63 Å². The van der Waals surface area contributed by atoms with Gasteiger partial charge in [-0.15, -0.1) is 23.2 Å². The van der Waals surface area contributed by atoms with Gasteiger partial charge in [0, 0.05) is 10.9 Å². The van der Waals surface area contributed by atoms with Gasteiger partial charge in [0.15, 0.2) is 0 Å². The monoisotopic (exact) mass is 422 g/mol. The lowest BCUT2D eigenvalue weighted by Crippen LogP contribution is -2.46. The number of nitrogens with one attached hydrogen (secondary N) is 1. The predicted molar refractivity (Wildman–Crippen MR) is 80.3 cm³/mol. The molecule has 0 bridgehead atoms. The number of rotatable bonds is 6. The zero-order valence-corrected chi connectivity index (χ0v) is 14.0. The van der Waals surface area contributed by atoms with Crippen molar-refractivity contribution in [1.82, 2.24) is 5.32 Å². The minimum absolute atomic E-state index is 0.0776. The van der Waals surface area contributed by atoms with Crippen LogP contribution in [0.1, 0.15) is 18.0 Å². The van der Waals surface area contributed by atoms with E-state index in [1.807, 2.05) is 0 Å². The van der Waals surface area contributed by atoms with Crippen LogP contribution in [0.25, 0.3) is 0 Å². The molecule has 4 nitrogen and oxygen atoms in total. The van der Waals surface area contributed by atoms with Crippen LogP contribution < -0.4 is 11.2 Å². The molecule has 1 aromatic carbocycles. The fourth-order valence-electron chi connectivity index (χ4n) is 1.73. The first-order chi connectivity index (χ1) is 10.1. The smallest absolute Gasteiger partial charge is 0.372 e. The van der Waals surface area contributed by atoms with Crippen LogP contribution in [-0.4, -0.2) is 23.0 Å². The molecule has 0 aromatic heterocycles. The molecular weight excluding hydrogens is 412 g/mol. The molecule has 0 unspecified atom stereocenters. The van der Waals surface area contributed by atoms with Gasteiger partial charge in [-0.05, 0) is 17.7 Å². The third-order valence-electron chi connectivity index (χ3n) is 2.71. The Morgan fingerprint density at radius 3 is 2.27 bits per heavy atom. The molecule has 1 rings (SSSR count). The molecule has 0 heterocycles. The van der Waals surface area contributed by atoms with Crippen molar-refractivity contribution in [2.75, 3.05) is 0 Å². The molecule has 0 saturated carbocycles. The molecule has 10 heteroatoms. The van der Waals surface area contributed by atoms with E-state index in [-0.39, 0.29) is 12.0 Å². The maximum atomic E-state index is 13.2. The molecular formula is C12H12BrCl2F3N2O2. The summed E-state index contributed by atoms with van der Waals surface area (Å²) in [5.41, 5.74) is -0.0776. The summed E-state index contributed by atoms with van der Waals surface area (Å²) in [6.45, 7) is 0. The van der Waals surface area contributed by atoms with Crippen LogP contribution in [0, 0.1) is 0 Å². The zero-order valence-electron chi connectivity index (χ0n) is 10.9. The lowest BCUT2D eigenvalue weighted by molar-refractivity contribution is -0.165. The third-order valence-corrected chi connectivity index (χ3v) is 3.60. The van der Waals surface area contributed by atoms with Crippen molar-refractivity contribution in [2.24, 2.45) is 5.90 Å². The van der Waals surface area contributed by atoms with Gasteiger partial charge in [0.1, 0.15) is 16.9 Å². The van der Waals surface area contributed by atoms with E-state index in [2.05, 4.69) is 26.1 Å². The topological polar surface area (TPSA) is 64.3 Å². The van der Waals surface area contributed by atoms with Crippen LogP contribution in [0.5, 0.6) is 0 Å². The Morgan fingerprint density at radius 2 is 1.86 bits per heavy atom. The number of carbonyl (C=O) groups is 1. The summed E-state index contributed by atoms with van der Waals surface area (Å²) in [7, 11) is 0. The summed E-state index contributed by atoms with van der Waals surface area (Å²) in [5, 5.41) is 2.15. The SMILES string of the molecule is NOC(=O)[C@H](CC(Cl)Cl)N[C@@H](c1ccc(Br)cc1)C(F)(F)F. The van der Waals surface area contributed by atoms with Gasteiger partial charge < -0.3 is 4.84 Å². The van der Waals surface area contributed by atoms with E-state index < -0.39 is 29.1 Å². The van der Waals surface area contributed by atoms with Gasteiger partial charge in [-0.25, -0.2) is 4.79 Å². The molecule has 0 amide bonds. The Bertz CT molecular complexity index is 500. The molecule has 0 fully saturated rings. The van der Waals surface area contributed by atoms with Crippen LogP contribution in [0.4, 0.5) is 13.2 Å². The molecule has 0 saturated heterocycles. The van der Waals surface area contributed by atoms with Gasteiger partial charge in [-0.2, -0.15) is 19.1 Å². The largest absolute Gasteiger partial charge is 0.407 e. The van der Waals surface area contributed by atoms with Crippen molar-refractivity contribution < 1.29 is 22.8 Å². The molecule has 3 N–H and O–H groups in total. The first-order valence-electron chi connectivity index (χ1n) is 5.92. The summed E-state index contributed by atoms with van der Waals surface area (Å²) < 4.78 is 40.4. The molecule has 0 spiro atoms. The highest BCUT2D eigenvalue weighted by Gasteiger charge is 2.43. The minimum atomic E-state index is -4.64. The first-order valence-corrected chi connectivity index (χ1v) is 7.58. The average molecular weight is 424 g/mol. The number of benzene rings is 1. The Labute approximate surface area is 143 Å². The van der Waals surface area contributed by atoms with Gasteiger partial charge in [-0.3, -0.25) is 5.32 Å². The minimum Gasteiger partial charge on any atom is -0.372 e. The number of halogens is 6. The molecule has 0 aliphatic rings. The molecule has 1 aromatic rings. The van der Waals surface area contributed by atoms with Crippen LogP contribution in [0.3, 0.4) is 0 Å². The van der Waals surface area contributed by atoms with Crippen molar-refractivity contribution >= 4 is 45.1 Å².